The Labute approximate surface area is 113 Å². The molecule has 1 atom stereocenters. The number of aromatic nitrogens is 1. The zero-order chi connectivity index (χ0) is 13.6. The largest absolute Gasteiger partial charge is 0.390 e. The Balaban J connectivity index is 1.83. The predicted molar refractivity (Wildman–Crippen MR) is 71.1 cm³/mol. The van der Waals surface area contributed by atoms with E-state index in [1.165, 1.54) is 0 Å². The lowest BCUT2D eigenvalue weighted by Crippen LogP contribution is -2.33. The minimum absolute atomic E-state index is 0.00754. The van der Waals surface area contributed by atoms with Crippen LogP contribution in [0.15, 0.2) is 17.2 Å². The highest BCUT2D eigenvalue weighted by atomic mass is 32.2. The van der Waals surface area contributed by atoms with Crippen LogP contribution in [0.2, 0.25) is 0 Å². The molecule has 1 aromatic rings. The highest BCUT2D eigenvalue weighted by molar-refractivity contribution is 7.89. The summed E-state index contributed by atoms with van der Waals surface area (Å²) in [7, 11) is -3.46. The summed E-state index contributed by atoms with van der Waals surface area (Å²) in [6, 6.07) is 1.94. The quantitative estimate of drug-likeness (QED) is 0.829. The molecule has 0 spiro atoms. The van der Waals surface area contributed by atoms with Crippen molar-refractivity contribution in [2.75, 3.05) is 0 Å². The maximum atomic E-state index is 12.3. The van der Waals surface area contributed by atoms with Gasteiger partial charge in [-0.25, -0.2) is 13.1 Å². The third kappa shape index (κ3) is 2.70. The molecule has 2 N–H and O–H groups in total. The molecule has 0 aliphatic heterocycles. The van der Waals surface area contributed by atoms with E-state index in [9.17, 15) is 13.5 Å². The maximum absolute atomic E-state index is 12.3. The van der Waals surface area contributed by atoms with Crippen molar-refractivity contribution in [3.05, 3.63) is 18.0 Å². The first-order valence-electron chi connectivity index (χ1n) is 6.85. The lowest BCUT2D eigenvalue weighted by atomic mass is 10.2. The summed E-state index contributed by atoms with van der Waals surface area (Å²) >= 11 is 0. The summed E-state index contributed by atoms with van der Waals surface area (Å²) in [6.07, 6.45) is 5.99. The predicted octanol–water partition coefficient (Wildman–Crippen LogP) is 1.39. The summed E-state index contributed by atoms with van der Waals surface area (Å²) in [6.45, 7) is 1.80. The summed E-state index contributed by atoms with van der Waals surface area (Å²) in [5, 5.41) is 9.32. The molecule has 2 saturated carbocycles. The number of aliphatic hydroxyl groups is 1. The van der Waals surface area contributed by atoms with Gasteiger partial charge in [-0.3, -0.25) is 0 Å². The van der Waals surface area contributed by atoms with Crippen LogP contribution in [0.4, 0.5) is 0 Å². The molecule has 2 aliphatic carbocycles. The minimum Gasteiger partial charge on any atom is -0.390 e. The fourth-order valence-corrected chi connectivity index (χ4v) is 3.83. The Morgan fingerprint density at radius 1 is 1.42 bits per heavy atom. The van der Waals surface area contributed by atoms with E-state index in [1.807, 2.05) is 11.5 Å². The molecule has 0 aromatic carbocycles. The number of nitrogens with zero attached hydrogens (tertiary/aromatic N) is 1. The van der Waals surface area contributed by atoms with Crippen LogP contribution in [0.25, 0.3) is 0 Å². The van der Waals surface area contributed by atoms with Crippen molar-refractivity contribution >= 4 is 10.0 Å². The Hall–Kier alpha value is -0.850. The number of hydrogen-bond donors (Lipinski definition) is 2. The molecule has 0 saturated heterocycles. The average molecular weight is 284 g/mol. The fourth-order valence-electron chi connectivity index (χ4n) is 2.47. The number of aliphatic hydroxyl groups excluding tert-OH is 1. The van der Waals surface area contributed by atoms with Crippen LogP contribution in [0, 0.1) is 5.92 Å². The summed E-state index contributed by atoms with van der Waals surface area (Å²) in [5.74, 6) is 0.484. The SMILES string of the molecule is CC(NS(=O)(=O)c1cc(CO)n(C2CC2)c1)C1CC1. The van der Waals surface area contributed by atoms with Crippen molar-refractivity contribution in [2.24, 2.45) is 5.92 Å². The first-order valence-corrected chi connectivity index (χ1v) is 8.33. The molecule has 5 nitrogen and oxygen atoms in total. The highest BCUT2D eigenvalue weighted by Gasteiger charge is 2.33. The van der Waals surface area contributed by atoms with Gasteiger partial charge in [-0.1, -0.05) is 0 Å². The smallest absolute Gasteiger partial charge is 0.242 e. The van der Waals surface area contributed by atoms with E-state index >= 15 is 0 Å². The highest BCUT2D eigenvalue weighted by Crippen LogP contribution is 2.37. The monoisotopic (exact) mass is 284 g/mol. The molecule has 2 fully saturated rings. The Bertz CT molecular complexity index is 571. The molecule has 0 amide bonds. The Morgan fingerprint density at radius 3 is 2.63 bits per heavy atom. The van der Waals surface area contributed by atoms with Gasteiger partial charge in [0.05, 0.1) is 11.5 Å². The van der Waals surface area contributed by atoms with Crippen LogP contribution in [-0.4, -0.2) is 24.1 Å². The van der Waals surface area contributed by atoms with E-state index in [0.29, 0.717) is 17.7 Å². The Kier molecular flexibility index (Phi) is 3.19. The van der Waals surface area contributed by atoms with Crippen molar-refractivity contribution in [2.45, 2.75) is 56.2 Å². The van der Waals surface area contributed by atoms with Crippen molar-refractivity contribution in [3.63, 3.8) is 0 Å². The second-order valence-electron chi connectivity index (χ2n) is 5.71. The van der Waals surface area contributed by atoms with Crippen molar-refractivity contribution in [1.82, 2.24) is 9.29 Å². The standard InChI is InChI=1S/C13H20N2O3S/c1-9(10-2-3-10)14-19(17,18)13-6-12(8-16)15(7-13)11-4-5-11/h6-7,9-11,14,16H,2-5,8H2,1H3. The molecule has 1 unspecified atom stereocenters. The maximum Gasteiger partial charge on any atom is 0.242 e. The zero-order valence-electron chi connectivity index (χ0n) is 11.0. The van der Waals surface area contributed by atoms with Crippen LogP contribution >= 0.6 is 0 Å². The van der Waals surface area contributed by atoms with E-state index in [2.05, 4.69) is 4.72 Å². The van der Waals surface area contributed by atoms with Crippen molar-refractivity contribution in [3.8, 4) is 0 Å². The number of hydrogen-bond acceptors (Lipinski definition) is 3. The minimum atomic E-state index is -3.46. The molecular formula is C13H20N2O3S. The number of nitrogens with one attached hydrogen (secondary N) is 1. The van der Waals surface area contributed by atoms with Gasteiger partial charge in [0.25, 0.3) is 0 Å². The van der Waals surface area contributed by atoms with Crippen LogP contribution < -0.4 is 4.72 Å². The number of rotatable bonds is 6. The van der Waals surface area contributed by atoms with Gasteiger partial charge in [0.1, 0.15) is 0 Å². The first-order chi connectivity index (χ1) is 9.01. The molecule has 1 heterocycles. The molecule has 6 heteroatoms. The molecule has 0 radical (unpaired) electrons. The number of sulfonamides is 1. The summed E-state index contributed by atoms with van der Waals surface area (Å²) < 4.78 is 29.2. The van der Waals surface area contributed by atoms with Crippen LogP contribution in [0.1, 0.15) is 44.3 Å². The van der Waals surface area contributed by atoms with Gasteiger partial charge in [-0.15, -0.1) is 0 Å². The van der Waals surface area contributed by atoms with Crippen LogP contribution in [-0.2, 0) is 16.6 Å². The first kappa shape index (κ1) is 13.1. The van der Waals surface area contributed by atoms with Crippen LogP contribution in [0.3, 0.4) is 0 Å². The molecular weight excluding hydrogens is 264 g/mol. The van der Waals surface area contributed by atoms with E-state index < -0.39 is 10.0 Å². The summed E-state index contributed by atoms with van der Waals surface area (Å²) in [4.78, 5) is 0.274. The van der Waals surface area contributed by atoms with E-state index in [1.54, 1.807) is 12.3 Å². The zero-order valence-corrected chi connectivity index (χ0v) is 11.9. The molecule has 0 bridgehead atoms. The average Bonchev–Trinajstić information content (AvgIpc) is 3.24. The van der Waals surface area contributed by atoms with Crippen molar-refractivity contribution in [1.29, 1.82) is 0 Å². The van der Waals surface area contributed by atoms with Gasteiger partial charge in [0.2, 0.25) is 10.0 Å². The van der Waals surface area contributed by atoms with Crippen molar-refractivity contribution < 1.29 is 13.5 Å². The second-order valence-corrected chi connectivity index (χ2v) is 7.43. The van der Waals surface area contributed by atoms with Gasteiger partial charge in [0.15, 0.2) is 0 Å². The third-order valence-corrected chi connectivity index (χ3v) is 5.52. The topological polar surface area (TPSA) is 71.3 Å². The molecule has 19 heavy (non-hydrogen) atoms. The van der Waals surface area contributed by atoms with Gasteiger partial charge >= 0.3 is 0 Å². The molecule has 106 valence electrons. The second kappa shape index (κ2) is 4.61. The molecule has 2 aliphatic rings. The lowest BCUT2D eigenvalue weighted by Gasteiger charge is -2.12. The van der Waals surface area contributed by atoms with Crippen LogP contribution in [0.5, 0.6) is 0 Å². The van der Waals surface area contributed by atoms with E-state index in [0.717, 1.165) is 25.7 Å². The normalized spacial score (nSPS) is 21.6. The fraction of sp³-hybridized carbons (Fsp3) is 0.692. The Morgan fingerprint density at radius 2 is 2.11 bits per heavy atom. The molecule has 3 rings (SSSR count). The van der Waals surface area contributed by atoms with Gasteiger partial charge < -0.3 is 9.67 Å². The van der Waals surface area contributed by atoms with E-state index in [4.69, 9.17) is 0 Å². The van der Waals surface area contributed by atoms with Gasteiger partial charge in [0, 0.05) is 24.0 Å². The van der Waals surface area contributed by atoms with Gasteiger partial charge in [-0.2, -0.15) is 0 Å². The molecule has 1 aromatic heterocycles. The lowest BCUT2D eigenvalue weighted by molar-refractivity contribution is 0.270. The third-order valence-electron chi connectivity index (χ3n) is 3.99. The summed E-state index contributed by atoms with van der Waals surface area (Å²) in [5.41, 5.74) is 0.682. The van der Waals surface area contributed by atoms with E-state index in [-0.39, 0.29) is 17.5 Å². The van der Waals surface area contributed by atoms with Gasteiger partial charge in [-0.05, 0) is 44.6 Å².